The van der Waals surface area contributed by atoms with Crippen LogP contribution in [0.5, 0.6) is 0 Å². The summed E-state index contributed by atoms with van der Waals surface area (Å²) >= 11 is 0. The highest BCUT2D eigenvalue weighted by Crippen LogP contribution is 2.38. The summed E-state index contributed by atoms with van der Waals surface area (Å²) in [5, 5.41) is -0.376. The molecular formula is C18H26N2O5S2. The smallest absolute Gasteiger partial charge is 0.240 e. The lowest BCUT2D eigenvalue weighted by atomic mass is 10.0. The molecule has 2 aliphatic heterocycles. The molecule has 2 atom stereocenters. The highest BCUT2D eigenvalue weighted by molar-refractivity contribution is 7.91. The summed E-state index contributed by atoms with van der Waals surface area (Å²) in [5.74, 6) is -0.110. The second-order valence-corrected chi connectivity index (χ2v) is 11.7. The molecule has 2 fully saturated rings. The Balaban J connectivity index is 1.58. The molecule has 1 aromatic rings. The van der Waals surface area contributed by atoms with Gasteiger partial charge in [0.15, 0.2) is 0 Å². The number of aryl methyl sites for hydroxylation is 1. The molecule has 0 aromatic heterocycles. The summed E-state index contributed by atoms with van der Waals surface area (Å²) in [6.07, 6.45) is 3.93. The molecule has 7 nitrogen and oxygen atoms in total. The molecular weight excluding hydrogens is 388 g/mol. The highest BCUT2D eigenvalue weighted by Gasteiger charge is 2.45. The van der Waals surface area contributed by atoms with Crippen molar-refractivity contribution in [1.82, 2.24) is 9.62 Å². The fourth-order valence-corrected chi connectivity index (χ4v) is 6.45. The predicted molar refractivity (Wildman–Crippen MR) is 103 cm³/mol. The van der Waals surface area contributed by atoms with Crippen LogP contribution in [0.2, 0.25) is 0 Å². The number of nitrogens with zero attached hydrogens (tertiary/aromatic N) is 1. The van der Waals surface area contributed by atoms with Gasteiger partial charge in [-0.2, -0.15) is 0 Å². The number of benzene rings is 1. The molecule has 2 aliphatic rings. The fraction of sp³-hybridized carbons (Fsp3) is 0.611. The second-order valence-electron chi connectivity index (χ2n) is 7.57. The van der Waals surface area contributed by atoms with Gasteiger partial charge in [-0.05, 0) is 50.3 Å². The van der Waals surface area contributed by atoms with Gasteiger partial charge in [-0.1, -0.05) is 12.1 Å². The van der Waals surface area contributed by atoms with E-state index in [1.165, 1.54) is 12.3 Å². The topological polar surface area (TPSA) is 101 Å². The van der Waals surface area contributed by atoms with Gasteiger partial charge in [0, 0.05) is 31.3 Å². The second kappa shape index (κ2) is 7.52. The third-order valence-electron chi connectivity index (χ3n) is 5.51. The number of amides is 1. The van der Waals surface area contributed by atoms with Gasteiger partial charge in [0.05, 0.1) is 10.1 Å². The SMILES string of the molecule is Cc1cccc(S(=O)(=O)NCCC(=O)N2C3CCC2CC(S(C)(=O)=O)C3)c1. The Labute approximate surface area is 161 Å². The summed E-state index contributed by atoms with van der Waals surface area (Å²) in [6, 6.07) is 6.50. The Morgan fingerprint density at radius 2 is 1.78 bits per heavy atom. The van der Waals surface area contributed by atoms with E-state index in [2.05, 4.69) is 4.72 Å². The van der Waals surface area contributed by atoms with E-state index >= 15 is 0 Å². The molecule has 3 rings (SSSR count). The lowest BCUT2D eigenvalue weighted by Crippen LogP contribution is -2.50. The minimum Gasteiger partial charge on any atom is -0.337 e. The van der Waals surface area contributed by atoms with Crippen molar-refractivity contribution in [1.29, 1.82) is 0 Å². The van der Waals surface area contributed by atoms with Crippen molar-refractivity contribution in [2.45, 2.75) is 61.3 Å². The van der Waals surface area contributed by atoms with Crippen LogP contribution in [-0.2, 0) is 24.7 Å². The van der Waals surface area contributed by atoms with Crippen LogP contribution in [0, 0.1) is 6.92 Å². The van der Waals surface area contributed by atoms with Gasteiger partial charge in [-0.25, -0.2) is 21.6 Å². The largest absolute Gasteiger partial charge is 0.337 e. The molecule has 1 amide bonds. The number of carbonyl (C=O) groups is 1. The van der Waals surface area contributed by atoms with Crippen molar-refractivity contribution in [3.05, 3.63) is 29.8 Å². The Kier molecular flexibility index (Phi) is 5.65. The van der Waals surface area contributed by atoms with Crippen LogP contribution in [0.4, 0.5) is 0 Å². The summed E-state index contributed by atoms with van der Waals surface area (Å²) in [6.45, 7) is 1.85. The van der Waals surface area contributed by atoms with Gasteiger partial charge >= 0.3 is 0 Å². The maximum atomic E-state index is 12.6. The van der Waals surface area contributed by atoms with Crippen molar-refractivity contribution in [3.8, 4) is 0 Å². The lowest BCUT2D eigenvalue weighted by Gasteiger charge is -2.38. The number of fused-ring (bicyclic) bond motifs is 2. The monoisotopic (exact) mass is 414 g/mol. The first-order chi connectivity index (χ1) is 12.6. The van der Waals surface area contributed by atoms with E-state index in [0.717, 1.165) is 18.4 Å². The average molecular weight is 415 g/mol. The van der Waals surface area contributed by atoms with Crippen molar-refractivity contribution in [2.75, 3.05) is 12.8 Å². The normalized spacial score (nSPS) is 25.6. The van der Waals surface area contributed by atoms with Crippen LogP contribution < -0.4 is 4.72 Å². The molecule has 0 aliphatic carbocycles. The molecule has 2 heterocycles. The third-order valence-corrected chi connectivity index (χ3v) is 8.57. The van der Waals surface area contributed by atoms with Crippen LogP contribution in [0.15, 0.2) is 29.2 Å². The minimum atomic E-state index is -3.65. The number of carbonyl (C=O) groups excluding carboxylic acids is 1. The summed E-state index contributed by atoms with van der Waals surface area (Å²) in [7, 11) is -6.75. The van der Waals surface area contributed by atoms with Crippen molar-refractivity contribution >= 4 is 25.8 Å². The highest BCUT2D eigenvalue weighted by atomic mass is 32.2. The van der Waals surface area contributed by atoms with Crippen LogP contribution in [0.3, 0.4) is 0 Å². The van der Waals surface area contributed by atoms with E-state index in [9.17, 15) is 21.6 Å². The molecule has 1 aromatic carbocycles. The molecule has 2 bridgehead atoms. The Morgan fingerprint density at radius 3 is 2.33 bits per heavy atom. The maximum Gasteiger partial charge on any atom is 0.240 e. The van der Waals surface area contributed by atoms with Gasteiger partial charge in [0.25, 0.3) is 0 Å². The number of piperidine rings is 1. The van der Waals surface area contributed by atoms with Crippen molar-refractivity contribution < 1.29 is 21.6 Å². The number of sulfone groups is 1. The van der Waals surface area contributed by atoms with Crippen molar-refractivity contribution in [3.63, 3.8) is 0 Å². The molecule has 0 saturated carbocycles. The van der Waals surface area contributed by atoms with Crippen LogP contribution in [-0.4, -0.2) is 57.8 Å². The summed E-state index contributed by atoms with van der Waals surface area (Å²) in [5.41, 5.74) is 0.847. The number of hydrogen-bond acceptors (Lipinski definition) is 5. The molecule has 2 unspecified atom stereocenters. The average Bonchev–Trinajstić information content (AvgIpc) is 2.83. The van der Waals surface area contributed by atoms with Gasteiger partial charge in [-0.3, -0.25) is 4.79 Å². The van der Waals surface area contributed by atoms with E-state index in [1.807, 2.05) is 13.0 Å². The molecule has 2 saturated heterocycles. The zero-order chi connectivity index (χ0) is 19.8. The van der Waals surface area contributed by atoms with E-state index < -0.39 is 19.9 Å². The van der Waals surface area contributed by atoms with Gasteiger partial charge in [0.1, 0.15) is 9.84 Å². The lowest BCUT2D eigenvalue weighted by molar-refractivity contribution is -0.135. The Bertz CT molecular complexity index is 913. The van der Waals surface area contributed by atoms with E-state index in [-0.39, 0.29) is 41.1 Å². The quantitative estimate of drug-likeness (QED) is 0.755. The Hall–Kier alpha value is -1.45. The van der Waals surface area contributed by atoms with Crippen LogP contribution in [0.1, 0.15) is 37.7 Å². The molecule has 0 radical (unpaired) electrons. The zero-order valence-electron chi connectivity index (χ0n) is 15.6. The molecule has 27 heavy (non-hydrogen) atoms. The first-order valence-electron chi connectivity index (χ1n) is 9.14. The number of hydrogen-bond donors (Lipinski definition) is 1. The first kappa shape index (κ1) is 20.3. The summed E-state index contributed by atoms with van der Waals surface area (Å²) in [4.78, 5) is 14.6. The summed E-state index contributed by atoms with van der Waals surface area (Å²) < 4.78 is 50.8. The first-order valence-corrected chi connectivity index (χ1v) is 12.6. The zero-order valence-corrected chi connectivity index (χ0v) is 17.2. The molecule has 150 valence electrons. The maximum absolute atomic E-state index is 12.6. The van der Waals surface area contributed by atoms with Gasteiger partial charge in [-0.15, -0.1) is 0 Å². The molecule has 1 N–H and O–H groups in total. The van der Waals surface area contributed by atoms with Gasteiger partial charge < -0.3 is 4.90 Å². The van der Waals surface area contributed by atoms with E-state index in [4.69, 9.17) is 0 Å². The number of rotatable bonds is 6. The van der Waals surface area contributed by atoms with Gasteiger partial charge in [0.2, 0.25) is 15.9 Å². The van der Waals surface area contributed by atoms with E-state index in [1.54, 1.807) is 17.0 Å². The third kappa shape index (κ3) is 4.52. The fourth-order valence-electron chi connectivity index (χ4n) is 4.17. The van der Waals surface area contributed by atoms with Crippen molar-refractivity contribution in [2.24, 2.45) is 0 Å². The minimum absolute atomic E-state index is 0.0283. The predicted octanol–water partition coefficient (Wildman–Crippen LogP) is 1.23. The standard InChI is InChI=1S/C18H26N2O5S2/c1-13-4-3-5-16(10-13)27(24,25)19-9-8-18(21)20-14-6-7-15(20)12-17(11-14)26(2,22)23/h3-5,10,14-15,17,19H,6-9,11-12H2,1-2H3. The number of sulfonamides is 1. The van der Waals surface area contributed by atoms with Crippen LogP contribution >= 0.6 is 0 Å². The van der Waals surface area contributed by atoms with Crippen LogP contribution in [0.25, 0.3) is 0 Å². The number of nitrogens with one attached hydrogen (secondary N) is 1. The molecule has 0 spiro atoms. The van der Waals surface area contributed by atoms with E-state index in [0.29, 0.717) is 12.8 Å². The Morgan fingerprint density at radius 1 is 1.15 bits per heavy atom. The molecule has 9 heteroatoms.